The van der Waals surface area contributed by atoms with Gasteiger partial charge >= 0.3 is 20.3 Å². The van der Waals surface area contributed by atoms with Crippen LogP contribution in [0.2, 0.25) is 0 Å². The molecular weight excluding hydrogens is 534 g/mol. The zero-order valence-corrected chi connectivity index (χ0v) is 26.1. The second kappa shape index (κ2) is 13.3. The van der Waals surface area contributed by atoms with Crippen LogP contribution in [0.3, 0.4) is 0 Å². The normalized spacial score (nSPS) is 22.7. The molecule has 0 heterocycles. The van der Waals surface area contributed by atoms with Crippen LogP contribution in [0.15, 0.2) is 42.0 Å². The molecule has 3 aromatic carbocycles. The van der Waals surface area contributed by atoms with Gasteiger partial charge in [-0.05, 0) is 157 Å². The standard InChI is InChI=1S/C13H16O.C13H14O.C13H14.Al.Li.4H/c2*1-8-5-11-6-9-3-2-4-10(9)7-12(11)13(8)14;1-9-5-12-7-10-3-2-4-11(10)8-13(12)6-9;;;;;;/h6-8,13-14H,2-5H2,1H3;6-8H,2-5H2,1H3;5,7-8H,2-4,6H2,1H3;;;;;;/q;;;;+1;;;;-1/p+1. The van der Waals surface area contributed by atoms with E-state index in [4.69, 9.17) is 0 Å². The number of ketones is 1. The average molecular weight is 584 g/mol. The number of Topliss-reactive ketones (excluding diaryl/α,β-unsaturated/α-hetero) is 1. The van der Waals surface area contributed by atoms with E-state index in [-0.39, 0.29) is 51.1 Å². The van der Waals surface area contributed by atoms with E-state index in [2.05, 4.69) is 56.3 Å². The zero-order valence-electron chi connectivity index (χ0n) is 28.1. The van der Waals surface area contributed by atoms with Crippen molar-refractivity contribution in [1.82, 2.24) is 0 Å². The maximum Gasteiger partial charge on any atom is 1.00 e. The first-order chi connectivity index (χ1) is 19.8. The number of aliphatic hydroxyl groups excluding tert-OH is 1. The maximum absolute atomic E-state index is 11.8. The SMILES string of the molecule is CC1=Cc2cc3c(cc2C1)CCC3.CC1Cc2cc3c(cc2C1=O)CCC3.CC1Cc2cc3c(cc2C1O)CCC3.[AlH3].[H+].[H-].[Li+]. The van der Waals surface area contributed by atoms with Gasteiger partial charge < -0.3 is 6.53 Å². The molecule has 6 aliphatic carbocycles. The Kier molecular flexibility index (Phi) is 10.0. The molecule has 0 bridgehead atoms. The molecule has 4 heteroatoms. The average Bonchev–Trinajstić information content (AvgIpc) is 3.79. The smallest absolute Gasteiger partial charge is 1.00 e. The Hall–Kier alpha value is -1.84. The van der Waals surface area contributed by atoms with Crippen LogP contribution in [-0.4, -0.2) is 28.3 Å². The van der Waals surface area contributed by atoms with Crippen molar-refractivity contribution in [3.05, 3.63) is 109 Å². The molecular formula is C39H49AlLiO2+. The van der Waals surface area contributed by atoms with Crippen LogP contribution in [0.4, 0.5) is 0 Å². The maximum atomic E-state index is 11.8. The number of carbonyl (C=O) groups is 1. The van der Waals surface area contributed by atoms with E-state index in [0.717, 1.165) is 18.4 Å². The molecule has 43 heavy (non-hydrogen) atoms. The number of carbonyl (C=O) groups excluding carboxylic acids is 1. The van der Waals surface area contributed by atoms with Crippen molar-refractivity contribution in [2.45, 2.75) is 104 Å². The second-order valence-corrected chi connectivity index (χ2v) is 13.7. The Bertz CT molecular complexity index is 1600. The first-order valence-electron chi connectivity index (χ1n) is 16.2. The summed E-state index contributed by atoms with van der Waals surface area (Å²) >= 11 is 0. The minimum Gasteiger partial charge on any atom is -1.00 e. The molecule has 1 N–H and O–H groups in total. The molecule has 0 radical (unpaired) electrons. The van der Waals surface area contributed by atoms with Crippen molar-refractivity contribution >= 4 is 29.2 Å². The minimum absolute atomic E-state index is 0. The van der Waals surface area contributed by atoms with Crippen molar-refractivity contribution in [3.63, 3.8) is 0 Å². The molecule has 3 atom stereocenters. The Labute approximate surface area is 284 Å². The van der Waals surface area contributed by atoms with Gasteiger partial charge in [-0.15, -0.1) is 0 Å². The van der Waals surface area contributed by atoms with Crippen LogP contribution >= 0.6 is 0 Å². The Balaban J connectivity index is 0.000000176. The van der Waals surface area contributed by atoms with E-state index in [9.17, 15) is 9.90 Å². The Morgan fingerprint density at radius 3 is 1.84 bits per heavy atom. The predicted molar refractivity (Wildman–Crippen MR) is 180 cm³/mol. The predicted octanol–water partition coefficient (Wildman–Crippen LogP) is 4.13. The van der Waals surface area contributed by atoms with E-state index in [1.165, 1.54) is 114 Å². The Morgan fingerprint density at radius 1 is 0.698 bits per heavy atom. The molecule has 3 aromatic rings. The van der Waals surface area contributed by atoms with Gasteiger partial charge in [0.25, 0.3) is 0 Å². The van der Waals surface area contributed by atoms with Gasteiger partial charge in [-0.3, -0.25) is 4.79 Å². The summed E-state index contributed by atoms with van der Waals surface area (Å²) in [6.07, 6.45) is 16.7. The molecule has 220 valence electrons. The largest absolute Gasteiger partial charge is 1.00 e. The Morgan fingerprint density at radius 2 is 1.21 bits per heavy atom. The number of benzene rings is 3. The summed E-state index contributed by atoms with van der Waals surface area (Å²) in [5, 5.41) is 9.98. The number of hydrogen-bond acceptors (Lipinski definition) is 2. The zero-order chi connectivity index (χ0) is 28.2. The third kappa shape index (κ3) is 6.32. The van der Waals surface area contributed by atoms with E-state index in [1.54, 1.807) is 16.7 Å². The van der Waals surface area contributed by atoms with Crippen molar-refractivity contribution in [1.29, 1.82) is 0 Å². The van der Waals surface area contributed by atoms with Gasteiger partial charge in [0.2, 0.25) is 0 Å². The molecule has 0 aliphatic heterocycles. The van der Waals surface area contributed by atoms with Gasteiger partial charge in [0.05, 0.1) is 6.10 Å². The first kappa shape index (κ1) is 32.6. The van der Waals surface area contributed by atoms with Crippen LogP contribution in [0.25, 0.3) is 6.08 Å². The monoisotopic (exact) mass is 583 g/mol. The number of rotatable bonds is 0. The van der Waals surface area contributed by atoms with Crippen LogP contribution in [0, 0.1) is 11.8 Å². The van der Waals surface area contributed by atoms with Crippen LogP contribution in [0.5, 0.6) is 0 Å². The van der Waals surface area contributed by atoms with Gasteiger partial charge in [0, 0.05) is 11.5 Å². The summed E-state index contributed by atoms with van der Waals surface area (Å²) < 4.78 is 0. The summed E-state index contributed by atoms with van der Waals surface area (Å²) in [5.41, 5.74) is 18.6. The van der Waals surface area contributed by atoms with E-state index < -0.39 is 0 Å². The topological polar surface area (TPSA) is 37.3 Å². The minimum atomic E-state index is -0.212. The van der Waals surface area contributed by atoms with Gasteiger partial charge in [-0.25, -0.2) is 0 Å². The fourth-order valence-electron chi connectivity index (χ4n) is 8.27. The molecule has 0 saturated heterocycles. The van der Waals surface area contributed by atoms with Crippen molar-refractivity contribution < 1.29 is 31.6 Å². The molecule has 2 nitrogen and oxygen atoms in total. The van der Waals surface area contributed by atoms with Crippen molar-refractivity contribution in [2.24, 2.45) is 11.8 Å². The van der Waals surface area contributed by atoms with E-state index >= 15 is 0 Å². The fraction of sp³-hybridized carbons (Fsp3) is 0.462. The number of hydrogen-bond donors (Lipinski definition) is 1. The van der Waals surface area contributed by atoms with E-state index in [1.807, 2.05) is 6.92 Å². The van der Waals surface area contributed by atoms with E-state index in [0.29, 0.717) is 11.7 Å². The molecule has 3 unspecified atom stereocenters. The number of allylic oxidation sites excluding steroid dienone is 1. The molecule has 0 spiro atoms. The number of fused-ring (bicyclic) bond motifs is 6. The van der Waals surface area contributed by atoms with Crippen LogP contribution in [0.1, 0.15) is 121 Å². The summed E-state index contributed by atoms with van der Waals surface area (Å²) in [7, 11) is 0. The molecule has 9 rings (SSSR count). The van der Waals surface area contributed by atoms with Gasteiger partial charge in [-0.2, -0.15) is 0 Å². The number of aliphatic hydroxyl groups is 1. The first-order valence-corrected chi connectivity index (χ1v) is 16.2. The molecule has 0 amide bonds. The quantitative estimate of drug-likeness (QED) is 0.405. The molecule has 6 aliphatic rings. The number of aryl methyl sites for hydroxylation is 6. The van der Waals surface area contributed by atoms with Crippen molar-refractivity contribution in [2.75, 3.05) is 0 Å². The van der Waals surface area contributed by atoms with Crippen LogP contribution in [-0.2, 0) is 57.8 Å². The molecule has 0 fully saturated rings. The summed E-state index contributed by atoms with van der Waals surface area (Å²) in [6.45, 7) is 6.40. The summed E-state index contributed by atoms with van der Waals surface area (Å²) in [6, 6.07) is 13.9. The van der Waals surface area contributed by atoms with Gasteiger partial charge in [-0.1, -0.05) is 55.8 Å². The summed E-state index contributed by atoms with van der Waals surface area (Å²) in [4.78, 5) is 11.8. The van der Waals surface area contributed by atoms with Crippen LogP contribution < -0.4 is 18.9 Å². The third-order valence-corrected chi connectivity index (χ3v) is 10.5. The molecule has 0 saturated carbocycles. The van der Waals surface area contributed by atoms with Crippen molar-refractivity contribution in [3.8, 4) is 0 Å². The molecule has 0 aromatic heterocycles. The fourth-order valence-corrected chi connectivity index (χ4v) is 8.27. The summed E-state index contributed by atoms with van der Waals surface area (Å²) in [5.74, 6) is 0.981. The van der Waals surface area contributed by atoms with Gasteiger partial charge in [0.15, 0.2) is 23.1 Å². The van der Waals surface area contributed by atoms with Gasteiger partial charge in [0.1, 0.15) is 0 Å². The third-order valence-electron chi connectivity index (χ3n) is 10.5. The second-order valence-electron chi connectivity index (χ2n) is 13.7.